The molecule has 0 saturated carbocycles. The first-order chi connectivity index (χ1) is 7.24. The summed E-state index contributed by atoms with van der Waals surface area (Å²) in [5.41, 5.74) is 0.841. The zero-order valence-electron chi connectivity index (χ0n) is 8.72. The van der Waals surface area contributed by atoms with Gasteiger partial charge in [-0.25, -0.2) is 0 Å². The summed E-state index contributed by atoms with van der Waals surface area (Å²) in [5.74, 6) is 0. The number of para-hydroxylation sites is 1. The maximum atomic E-state index is 5.98. The molecule has 0 unspecified atom stereocenters. The van der Waals surface area contributed by atoms with Gasteiger partial charge in [0.15, 0.2) is 5.11 Å². The summed E-state index contributed by atoms with van der Waals surface area (Å²) in [6, 6.07) is 7.54. The number of rotatable bonds is 4. The quantitative estimate of drug-likeness (QED) is 0.625. The average molecular weight is 243 g/mol. The Hall–Kier alpha value is -0.800. The summed E-state index contributed by atoms with van der Waals surface area (Å²) in [6.45, 7) is 3.04. The molecule has 2 N–H and O–H groups in total. The van der Waals surface area contributed by atoms with E-state index in [4.69, 9.17) is 23.8 Å². The molecular weight excluding hydrogens is 228 g/mol. The standard InChI is InChI=1S/C11H15ClN2S/c1-2-3-8-13-11(15)14-10-7-5-4-6-9(10)12/h4-7H,2-3,8H2,1H3,(H2,13,14,15). The molecule has 0 radical (unpaired) electrons. The first-order valence-electron chi connectivity index (χ1n) is 5.03. The Balaban J connectivity index is 2.41. The number of thiocarbonyl (C=S) groups is 1. The van der Waals surface area contributed by atoms with Gasteiger partial charge in [0.25, 0.3) is 0 Å². The highest BCUT2D eigenvalue weighted by atomic mass is 35.5. The van der Waals surface area contributed by atoms with Gasteiger partial charge < -0.3 is 10.6 Å². The van der Waals surface area contributed by atoms with E-state index in [1.165, 1.54) is 0 Å². The van der Waals surface area contributed by atoms with E-state index in [1.54, 1.807) is 0 Å². The molecule has 0 aromatic heterocycles. The van der Waals surface area contributed by atoms with Crippen molar-refractivity contribution in [1.29, 1.82) is 0 Å². The van der Waals surface area contributed by atoms with Crippen LogP contribution in [0.3, 0.4) is 0 Å². The van der Waals surface area contributed by atoms with Crippen LogP contribution in [0.25, 0.3) is 0 Å². The molecule has 0 atom stereocenters. The summed E-state index contributed by atoms with van der Waals surface area (Å²) >= 11 is 11.1. The van der Waals surface area contributed by atoms with Crippen LogP contribution >= 0.6 is 23.8 Å². The Morgan fingerprint density at radius 1 is 1.40 bits per heavy atom. The molecule has 0 saturated heterocycles. The monoisotopic (exact) mass is 242 g/mol. The Labute approximate surface area is 101 Å². The molecule has 0 amide bonds. The van der Waals surface area contributed by atoms with Crippen molar-refractivity contribution in [2.45, 2.75) is 19.8 Å². The van der Waals surface area contributed by atoms with Crippen LogP contribution < -0.4 is 10.6 Å². The summed E-state index contributed by atoms with van der Waals surface area (Å²) < 4.78 is 0. The van der Waals surface area contributed by atoms with Gasteiger partial charge in [-0.3, -0.25) is 0 Å². The minimum Gasteiger partial charge on any atom is -0.362 e. The van der Waals surface area contributed by atoms with Crippen LogP contribution in [0.5, 0.6) is 0 Å². The van der Waals surface area contributed by atoms with Crippen molar-refractivity contribution >= 4 is 34.6 Å². The molecule has 0 aliphatic heterocycles. The number of nitrogens with one attached hydrogen (secondary N) is 2. The zero-order valence-corrected chi connectivity index (χ0v) is 10.3. The largest absolute Gasteiger partial charge is 0.362 e. The highest BCUT2D eigenvalue weighted by Crippen LogP contribution is 2.19. The lowest BCUT2D eigenvalue weighted by Crippen LogP contribution is -2.29. The lowest BCUT2D eigenvalue weighted by molar-refractivity contribution is 0.758. The molecule has 0 spiro atoms. The molecule has 0 aliphatic rings. The van der Waals surface area contributed by atoms with E-state index in [1.807, 2.05) is 24.3 Å². The van der Waals surface area contributed by atoms with Gasteiger partial charge in [-0.05, 0) is 30.8 Å². The van der Waals surface area contributed by atoms with Gasteiger partial charge in [0, 0.05) is 6.54 Å². The van der Waals surface area contributed by atoms with Crippen molar-refractivity contribution < 1.29 is 0 Å². The fraction of sp³-hybridized carbons (Fsp3) is 0.364. The molecule has 0 aliphatic carbocycles. The minimum atomic E-state index is 0.622. The normalized spacial score (nSPS) is 9.73. The smallest absolute Gasteiger partial charge is 0.170 e. The fourth-order valence-corrected chi connectivity index (χ4v) is 1.50. The Morgan fingerprint density at radius 2 is 2.13 bits per heavy atom. The third kappa shape index (κ3) is 4.49. The summed E-state index contributed by atoms with van der Waals surface area (Å²) in [7, 11) is 0. The zero-order chi connectivity index (χ0) is 11.1. The molecule has 0 heterocycles. The van der Waals surface area contributed by atoms with Crippen molar-refractivity contribution in [2.75, 3.05) is 11.9 Å². The summed E-state index contributed by atoms with van der Waals surface area (Å²) in [5, 5.41) is 7.48. The van der Waals surface area contributed by atoms with E-state index in [0.29, 0.717) is 10.1 Å². The van der Waals surface area contributed by atoms with E-state index in [9.17, 15) is 0 Å². The van der Waals surface area contributed by atoms with E-state index in [0.717, 1.165) is 25.1 Å². The van der Waals surface area contributed by atoms with Crippen molar-refractivity contribution in [3.63, 3.8) is 0 Å². The summed E-state index contributed by atoms with van der Waals surface area (Å²) in [4.78, 5) is 0. The van der Waals surface area contributed by atoms with Gasteiger partial charge in [-0.1, -0.05) is 37.1 Å². The maximum absolute atomic E-state index is 5.98. The first kappa shape index (κ1) is 12.3. The molecule has 1 aromatic rings. The lowest BCUT2D eigenvalue weighted by Gasteiger charge is -2.10. The Morgan fingerprint density at radius 3 is 2.80 bits per heavy atom. The number of unbranched alkanes of at least 4 members (excludes halogenated alkanes) is 1. The van der Waals surface area contributed by atoms with Gasteiger partial charge in [0.1, 0.15) is 0 Å². The topological polar surface area (TPSA) is 24.1 Å². The Bertz CT molecular complexity index is 328. The van der Waals surface area contributed by atoms with Crippen LogP contribution in [0.1, 0.15) is 19.8 Å². The lowest BCUT2D eigenvalue weighted by atomic mass is 10.3. The number of benzene rings is 1. The van der Waals surface area contributed by atoms with Crippen LogP contribution in [0, 0.1) is 0 Å². The molecule has 82 valence electrons. The van der Waals surface area contributed by atoms with Crippen LogP contribution in [0.4, 0.5) is 5.69 Å². The maximum Gasteiger partial charge on any atom is 0.170 e. The van der Waals surface area contributed by atoms with Crippen LogP contribution in [-0.4, -0.2) is 11.7 Å². The molecular formula is C11H15ClN2S. The Kier molecular flexibility index (Phi) is 5.43. The third-order valence-electron chi connectivity index (χ3n) is 1.94. The predicted octanol–water partition coefficient (Wildman–Crippen LogP) is 3.43. The molecule has 0 bridgehead atoms. The van der Waals surface area contributed by atoms with Crippen LogP contribution in [0.2, 0.25) is 5.02 Å². The van der Waals surface area contributed by atoms with E-state index >= 15 is 0 Å². The highest BCUT2D eigenvalue weighted by Gasteiger charge is 2.00. The van der Waals surface area contributed by atoms with Crippen molar-refractivity contribution in [3.05, 3.63) is 29.3 Å². The van der Waals surface area contributed by atoms with Crippen LogP contribution in [-0.2, 0) is 0 Å². The molecule has 1 aromatic carbocycles. The van der Waals surface area contributed by atoms with Crippen molar-refractivity contribution in [3.8, 4) is 0 Å². The SMILES string of the molecule is CCCCNC(=S)Nc1ccccc1Cl. The second-order valence-corrected chi connectivity index (χ2v) is 4.03. The van der Waals surface area contributed by atoms with Gasteiger partial charge in [0.2, 0.25) is 0 Å². The van der Waals surface area contributed by atoms with E-state index in [2.05, 4.69) is 17.6 Å². The van der Waals surface area contributed by atoms with Gasteiger partial charge in [-0.15, -0.1) is 0 Å². The number of anilines is 1. The molecule has 4 heteroatoms. The van der Waals surface area contributed by atoms with Gasteiger partial charge in [0.05, 0.1) is 10.7 Å². The number of halogens is 1. The fourth-order valence-electron chi connectivity index (χ4n) is 1.11. The second kappa shape index (κ2) is 6.64. The second-order valence-electron chi connectivity index (χ2n) is 3.21. The first-order valence-corrected chi connectivity index (χ1v) is 5.82. The number of hydrogen-bond donors (Lipinski definition) is 2. The number of hydrogen-bond acceptors (Lipinski definition) is 1. The molecule has 15 heavy (non-hydrogen) atoms. The summed E-state index contributed by atoms with van der Waals surface area (Å²) in [6.07, 6.45) is 2.27. The molecule has 1 rings (SSSR count). The predicted molar refractivity (Wildman–Crippen MR) is 70.6 cm³/mol. The van der Waals surface area contributed by atoms with E-state index < -0.39 is 0 Å². The highest BCUT2D eigenvalue weighted by molar-refractivity contribution is 7.80. The molecule has 2 nitrogen and oxygen atoms in total. The average Bonchev–Trinajstić information content (AvgIpc) is 2.22. The van der Waals surface area contributed by atoms with Crippen LogP contribution in [0.15, 0.2) is 24.3 Å². The van der Waals surface area contributed by atoms with E-state index in [-0.39, 0.29) is 0 Å². The van der Waals surface area contributed by atoms with Gasteiger partial charge in [-0.2, -0.15) is 0 Å². The van der Waals surface area contributed by atoms with Crippen molar-refractivity contribution in [1.82, 2.24) is 5.32 Å². The van der Waals surface area contributed by atoms with Gasteiger partial charge >= 0.3 is 0 Å². The minimum absolute atomic E-state index is 0.622. The van der Waals surface area contributed by atoms with Crippen molar-refractivity contribution in [2.24, 2.45) is 0 Å². The third-order valence-corrected chi connectivity index (χ3v) is 2.51. The molecule has 0 fully saturated rings.